The van der Waals surface area contributed by atoms with Gasteiger partial charge in [0, 0.05) is 29.5 Å². The molecule has 1 atom stereocenters. The first-order valence-electron chi connectivity index (χ1n) is 9.88. The summed E-state index contributed by atoms with van der Waals surface area (Å²) < 4.78 is 0. The van der Waals surface area contributed by atoms with Crippen molar-refractivity contribution in [2.45, 2.75) is 38.0 Å². The van der Waals surface area contributed by atoms with E-state index in [2.05, 4.69) is 5.32 Å². The lowest BCUT2D eigenvalue weighted by molar-refractivity contribution is -0.123. The summed E-state index contributed by atoms with van der Waals surface area (Å²) in [5, 5.41) is 3.85. The van der Waals surface area contributed by atoms with Crippen LogP contribution in [0.5, 0.6) is 0 Å². The molecule has 0 bridgehead atoms. The molecule has 1 saturated carbocycles. The van der Waals surface area contributed by atoms with Gasteiger partial charge in [-0.05, 0) is 68.4 Å². The third-order valence-corrected chi connectivity index (χ3v) is 7.13. The number of aryl methyl sites for hydroxylation is 1. The van der Waals surface area contributed by atoms with Crippen molar-refractivity contribution in [3.05, 3.63) is 56.7 Å². The molecule has 1 aromatic carbocycles. The van der Waals surface area contributed by atoms with Crippen molar-refractivity contribution in [2.24, 2.45) is 5.92 Å². The smallest absolute Gasteiger partial charge is 0.263 e. The molecule has 4 rings (SSSR count). The number of nitrogens with one attached hydrogen (secondary N) is 1. The molecule has 2 fully saturated rings. The molecule has 6 heteroatoms. The lowest BCUT2D eigenvalue weighted by Gasteiger charge is -2.33. The Hall–Kier alpha value is -1.85. The highest BCUT2D eigenvalue weighted by Gasteiger charge is 2.51. The van der Waals surface area contributed by atoms with E-state index < -0.39 is 0 Å². The number of benzene rings is 1. The molecule has 1 saturated heterocycles. The van der Waals surface area contributed by atoms with Gasteiger partial charge < -0.3 is 10.2 Å². The number of amides is 2. The molecule has 2 heterocycles. The first-order chi connectivity index (χ1) is 13.5. The second kappa shape index (κ2) is 7.88. The van der Waals surface area contributed by atoms with Crippen molar-refractivity contribution < 1.29 is 9.59 Å². The minimum Gasteiger partial charge on any atom is -0.355 e. The van der Waals surface area contributed by atoms with Crippen LogP contribution in [0.1, 0.15) is 45.8 Å². The average molecular weight is 417 g/mol. The summed E-state index contributed by atoms with van der Waals surface area (Å²) in [6.07, 6.45) is 3.79. The molecule has 148 valence electrons. The molecule has 2 aromatic rings. The maximum absolute atomic E-state index is 12.9. The van der Waals surface area contributed by atoms with E-state index in [0.717, 1.165) is 47.5 Å². The molecule has 0 radical (unpaired) electrons. The molecule has 1 N–H and O–H groups in total. The lowest BCUT2D eigenvalue weighted by Crippen LogP contribution is -2.45. The van der Waals surface area contributed by atoms with Crippen molar-refractivity contribution in [1.82, 2.24) is 10.2 Å². The van der Waals surface area contributed by atoms with E-state index in [1.165, 1.54) is 0 Å². The van der Waals surface area contributed by atoms with Crippen LogP contribution in [0.4, 0.5) is 0 Å². The third kappa shape index (κ3) is 3.96. The zero-order chi connectivity index (χ0) is 19.7. The standard InChI is InChI=1S/C22H25ClN2O2S/c1-15-4-9-19(28-15)20(26)25-12-2-3-16(14-25)13-24-21(27)22(10-11-22)17-5-7-18(23)8-6-17/h4-9,16H,2-3,10-14H2,1H3,(H,24,27)/t16-/m1/s1. The molecule has 2 aliphatic rings. The van der Waals surface area contributed by atoms with Crippen molar-refractivity contribution in [1.29, 1.82) is 0 Å². The van der Waals surface area contributed by atoms with E-state index in [1.54, 1.807) is 11.3 Å². The predicted molar refractivity (Wildman–Crippen MR) is 113 cm³/mol. The maximum atomic E-state index is 12.9. The highest BCUT2D eigenvalue weighted by Crippen LogP contribution is 2.48. The second-order valence-corrected chi connectivity index (χ2v) is 9.69. The van der Waals surface area contributed by atoms with E-state index in [4.69, 9.17) is 11.6 Å². The number of thiophene rings is 1. The van der Waals surface area contributed by atoms with Gasteiger partial charge in [0.05, 0.1) is 10.3 Å². The topological polar surface area (TPSA) is 49.4 Å². The fraction of sp³-hybridized carbons (Fsp3) is 0.455. The van der Waals surface area contributed by atoms with Crippen molar-refractivity contribution in [2.75, 3.05) is 19.6 Å². The molecule has 28 heavy (non-hydrogen) atoms. The quantitative estimate of drug-likeness (QED) is 0.784. The Morgan fingerprint density at radius 2 is 1.96 bits per heavy atom. The zero-order valence-electron chi connectivity index (χ0n) is 16.0. The van der Waals surface area contributed by atoms with Crippen LogP contribution in [0.15, 0.2) is 36.4 Å². The summed E-state index contributed by atoms with van der Waals surface area (Å²) in [4.78, 5) is 29.5. The summed E-state index contributed by atoms with van der Waals surface area (Å²) in [5.74, 6) is 0.532. The number of carbonyl (C=O) groups excluding carboxylic acids is 2. The first-order valence-corrected chi connectivity index (χ1v) is 11.1. The fourth-order valence-electron chi connectivity index (χ4n) is 4.07. The van der Waals surface area contributed by atoms with E-state index >= 15 is 0 Å². The molecule has 4 nitrogen and oxygen atoms in total. The number of hydrogen-bond acceptors (Lipinski definition) is 3. The number of hydrogen-bond donors (Lipinski definition) is 1. The minimum absolute atomic E-state index is 0.104. The third-order valence-electron chi connectivity index (χ3n) is 5.89. The summed E-state index contributed by atoms with van der Waals surface area (Å²) in [6.45, 7) is 4.16. The van der Waals surface area contributed by atoms with Gasteiger partial charge in [-0.1, -0.05) is 23.7 Å². The zero-order valence-corrected chi connectivity index (χ0v) is 17.6. The van der Waals surface area contributed by atoms with E-state index in [-0.39, 0.29) is 17.2 Å². The molecule has 0 spiro atoms. The van der Waals surface area contributed by atoms with E-state index in [0.29, 0.717) is 24.0 Å². The number of piperidine rings is 1. The average Bonchev–Trinajstić information content (AvgIpc) is 3.41. The van der Waals surface area contributed by atoms with Crippen LogP contribution < -0.4 is 5.32 Å². The number of likely N-dealkylation sites (tertiary alicyclic amines) is 1. The van der Waals surface area contributed by atoms with Crippen LogP contribution in [-0.2, 0) is 10.2 Å². The Morgan fingerprint density at radius 3 is 2.61 bits per heavy atom. The summed E-state index contributed by atoms with van der Waals surface area (Å²) in [5.41, 5.74) is 0.659. The van der Waals surface area contributed by atoms with Gasteiger partial charge in [-0.2, -0.15) is 0 Å². The van der Waals surface area contributed by atoms with Gasteiger partial charge in [0.2, 0.25) is 5.91 Å². The number of carbonyl (C=O) groups is 2. The van der Waals surface area contributed by atoms with Gasteiger partial charge in [-0.3, -0.25) is 9.59 Å². The maximum Gasteiger partial charge on any atom is 0.263 e. The molecule has 1 aromatic heterocycles. The van der Waals surface area contributed by atoms with Crippen LogP contribution >= 0.6 is 22.9 Å². The second-order valence-electron chi connectivity index (χ2n) is 7.97. The van der Waals surface area contributed by atoms with Crippen LogP contribution in [0.25, 0.3) is 0 Å². The van der Waals surface area contributed by atoms with Crippen LogP contribution in [0.3, 0.4) is 0 Å². The molecule has 2 amide bonds. The van der Waals surface area contributed by atoms with Crippen LogP contribution in [-0.4, -0.2) is 36.3 Å². The highest BCUT2D eigenvalue weighted by molar-refractivity contribution is 7.13. The highest BCUT2D eigenvalue weighted by atomic mass is 35.5. The Kier molecular flexibility index (Phi) is 5.48. The Labute approximate surface area is 174 Å². The Balaban J connectivity index is 1.34. The van der Waals surface area contributed by atoms with E-state index in [1.807, 2.05) is 48.2 Å². The van der Waals surface area contributed by atoms with Gasteiger partial charge in [0.1, 0.15) is 0 Å². The SMILES string of the molecule is Cc1ccc(C(=O)N2CCC[C@H](CNC(=O)C3(c4ccc(Cl)cc4)CC3)C2)s1. The first kappa shape index (κ1) is 19.5. The van der Waals surface area contributed by atoms with Crippen molar-refractivity contribution >= 4 is 34.8 Å². The van der Waals surface area contributed by atoms with Crippen molar-refractivity contribution in [3.63, 3.8) is 0 Å². The van der Waals surface area contributed by atoms with Gasteiger partial charge in [-0.15, -0.1) is 11.3 Å². The van der Waals surface area contributed by atoms with Gasteiger partial charge >= 0.3 is 0 Å². The van der Waals surface area contributed by atoms with Gasteiger partial charge in [0.25, 0.3) is 5.91 Å². The number of nitrogens with zero attached hydrogens (tertiary/aromatic N) is 1. The van der Waals surface area contributed by atoms with Crippen LogP contribution in [0, 0.1) is 12.8 Å². The molecular weight excluding hydrogens is 392 g/mol. The predicted octanol–water partition coefficient (Wildman–Crippen LogP) is 4.41. The minimum atomic E-state index is -0.386. The van der Waals surface area contributed by atoms with Gasteiger partial charge in [0.15, 0.2) is 0 Å². The fourth-order valence-corrected chi connectivity index (χ4v) is 5.03. The van der Waals surface area contributed by atoms with Crippen molar-refractivity contribution in [3.8, 4) is 0 Å². The summed E-state index contributed by atoms with van der Waals surface area (Å²) >= 11 is 7.53. The lowest BCUT2D eigenvalue weighted by atomic mass is 9.93. The normalized spacial score (nSPS) is 20.6. The van der Waals surface area contributed by atoms with Gasteiger partial charge in [-0.25, -0.2) is 0 Å². The largest absolute Gasteiger partial charge is 0.355 e. The Bertz CT molecular complexity index is 873. The summed E-state index contributed by atoms with van der Waals surface area (Å²) in [7, 11) is 0. The molecule has 0 unspecified atom stereocenters. The molecule has 1 aliphatic heterocycles. The van der Waals surface area contributed by atoms with E-state index in [9.17, 15) is 9.59 Å². The molecular formula is C22H25ClN2O2S. The van der Waals surface area contributed by atoms with Crippen LogP contribution in [0.2, 0.25) is 5.02 Å². The Morgan fingerprint density at radius 1 is 1.21 bits per heavy atom. The summed E-state index contributed by atoms with van der Waals surface area (Å²) in [6, 6.07) is 11.5. The molecule has 1 aliphatic carbocycles. The monoisotopic (exact) mass is 416 g/mol. The number of halogens is 1. The number of rotatable bonds is 5.